The standard InChI is InChI=1S/C13H23N3/c1-12(14-2)13-6-5-9-16(13)11-10-15-7-3-4-8-15/h5-6,9,12,14H,3-4,7-8,10-11H2,1-2H3. The SMILES string of the molecule is CNC(C)c1cccn1CCN1CCCC1. The lowest BCUT2D eigenvalue weighted by atomic mass is 10.2. The minimum atomic E-state index is 0.438. The number of hydrogen-bond donors (Lipinski definition) is 1. The second-order valence-electron chi connectivity index (χ2n) is 4.69. The number of aromatic nitrogens is 1. The van der Waals surface area contributed by atoms with Crippen molar-refractivity contribution in [2.24, 2.45) is 0 Å². The Kier molecular flexibility index (Phi) is 4.02. The molecule has 1 aliphatic rings. The predicted molar refractivity (Wildman–Crippen MR) is 67.6 cm³/mol. The van der Waals surface area contributed by atoms with E-state index >= 15 is 0 Å². The molecule has 0 bridgehead atoms. The van der Waals surface area contributed by atoms with Crippen LogP contribution < -0.4 is 5.32 Å². The first-order valence-corrected chi connectivity index (χ1v) is 6.36. The smallest absolute Gasteiger partial charge is 0.0443 e. The molecule has 90 valence electrons. The van der Waals surface area contributed by atoms with Crippen molar-refractivity contribution in [3.63, 3.8) is 0 Å². The van der Waals surface area contributed by atoms with Crippen molar-refractivity contribution >= 4 is 0 Å². The first kappa shape index (κ1) is 11.7. The molecule has 1 N–H and O–H groups in total. The fraction of sp³-hybridized carbons (Fsp3) is 0.692. The summed E-state index contributed by atoms with van der Waals surface area (Å²) in [5, 5.41) is 3.30. The van der Waals surface area contributed by atoms with Crippen LogP contribution >= 0.6 is 0 Å². The van der Waals surface area contributed by atoms with Gasteiger partial charge in [0.1, 0.15) is 0 Å². The zero-order valence-corrected chi connectivity index (χ0v) is 10.4. The fourth-order valence-corrected chi connectivity index (χ4v) is 2.43. The molecule has 1 saturated heterocycles. The molecule has 1 unspecified atom stereocenters. The lowest BCUT2D eigenvalue weighted by Crippen LogP contribution is -2.25. The van der Waals surface area contributed by atoms with Crippen LogP contribution in [0.5, 0.6) is 0 Å². The van der Waals surface area contributed by atoms with Crippen molar-refractivity contribution in [3.05, 3.63) is 24.0 Å². The number of likely N-dealkylation sites (tertiary alicyclic amines) is 1. The topological polar surface area (TPSA) is 20.2 Å². The number of nitrogens with zero attached hydrogens (tertiary/aromatic N) is 2. The molecule has 1 atom stereocenters. The van der Waals surface area contributed by atoms with E-state index in [-0.39, 0.29) is 0 Å². The summed E-state index contributed by atoms with van der Waals surface area (Å²) >= 11 is 0. The van der Waals surface area contributed by atoms with Gasteiger partial charge in [-0.15, -0.1) is 0 Å². The predicted octanol–water partition coefficient (Wildman–Crippen LogP) is 1.86. The van der Waals surface area contributed by atoms with E-state index in [1.54, 1.807) is 0 Å². The van der Waals surface area contributed by atoms with Crippen LogP contribution in [0.25, 0.3) is 0 Å². The highest BCUT2D eigenvalue weighted by atomic mass is 15.2. The quantitative estimate of drug-likeness (QED) is 0.819. The maximum atomic E-state index is 3.30. The van der Waals surface area contributed by atoms with Gasteiger partial charge in [0.05, 0.1) is 0 Å². The van der Waals surface area contributed by atoms with E-state index in [1.807, 2.05) is 7.05 Å². The molecule has 0 saturated carbocycles. The molecule has 0 amide bonds. The molecule has 0 spiro atoms. The lowest BCUT2D eigenvalue weighted by molar-refractivity contribution is 0.319. The van der Waals surface area contributed by atoms with Gasteiger partial charge in [-0.2, -0.15) is 0 Å². The maximum Gasteiger partial charge on any atom is 0.0443 e. The van der Waals surface area contributed by atoms with Crippen LogP contribution in [0.4, 0.5) is 0 Å². The van der Waals surface area contributed by atoms with Gasteiger partial charge in [0.25, 0.3) is 0 Å². The third kappa shape index (κ3) is 2.66. The molecule has 16 heavy (non-hydrogen) atoms. The zero-order valence-electron chi connectivity index (χ0n) is 10.4. The van der Waals surface area contributed by atoms with Gasteiger partial charge in [-0.1, -0.05) is 0 Å². The first-order valence-electron chi connectivity index (χ1n) is 6.36. The second kappa shape index (κ2) is 5.51. The number of nitrogens with one attached hydrogen (secondary N) is 1. The highest BCUT2D eigenvalue weighted by molar-refractivity contribution is 5.11. The molecule has 3 heteroatoms. The van der Waals surface area contributed by atoms with Gasteiger partial charge in [0, 0.05) is 31.0 Å². The van der Waals surface area contributed by atoms with Crippen LogP contribution in [0.3, 0.4) is 0 Å². The molecular weight excluding hydrogens is 198 g/mol. The Balaban J connectivity index is 1.90. The van der Waals surface area contributed by atoms with Crippen molar-refractivity contribution in [2.75, 3.05) is 26.7 Å². The summed E-state index contributed by atoms with van der Waals surface area (Å²) in [5.74, 6) is 0. The Morgan fingerprint density at radius 2 is 2.06 bits per heavy atom. The van der Waals surface area contributed by atoms with Gasteiger partial charge in [-0.25, -0.2) is 0 Å². The Bertz CT molecular complexity index is 313. The third-order valence-electron chi connectivity index (χ3n) is 3.60. The van der Waals surface area contributed by atoms with Gasteiger partial charge in [0.15, 0.2) is 0 Å². The first-order chi connectivity index (χ1) is 7.81. The van der Waals surface area contributed by atoms with Crippen molar-refractivity contribution in [1.29, 1.82) is 0 Å². The summed E-state index contributed by atoms with van der Waals surface area (Å²) in [6.45, 7) is 7.10. The van der Waals surface area contributed by atoms with Gasteiger partial charge in [-0.3, -0.25) is 0 Å². The summed E-state index contributed by atoms with van der Waals surface area (Å²) in [6, 6.07) is 4.80. The van der Waals surface area contributed by atoms with Gasteiger partial charge < -0.3 is 14.8 Å². The van der Waals surface area contributed by atoms with E-state index in [2.05, 4.69) is 40.0 Å². The van der Waals surface area contributed by atoms with Crippen LogP contribution in [0, 0.1) is 0 Å². The molecule has 1 aliphatic heterocycles. The molecule has 1 fully saturated rings. The van der Waals surface area contributed by atoms with E-state index in [1.165, 1.54) is 38.2 Å². The average molecular weight is 221 g/mol. The van der Waals surface area contributed by atoms with Gasteiger partial charge in [-0.05, 0) is 52.0 Å². The third-order valence-corrected chi connectivity index (χ3v) is 3.60. The molecule has 2 heterocycles. The number of rotatable bonds is 5. The van der Waals surface area contributed by atoms with E-state index in [4.69, 9.17) is 0 Å². The summed E-state index contributed by atoms with van der Waals surface area (Å²) in [7, 11) is 2.02. The highest BCUT2D eigenvalue weighted by Gasteiger charge is 2.12. The van der Waals surface area contributed by atoms with Crippen LogP contribution in [0.1, 0.15) is 31.5 Å². The van der Waals surface area contributed by atoms with Crippen molar-refractivity contribution in [3.8, 4) is 0 Å². The van der Waals surface area contributed by atoms with Crippen molar-refractivity contribution in [1.82, 2.24) is 14.8 Å². The molecule has 1 aromatic rings. The highest BCUT2D eigenvalue weighted by Crippen LogP contribution is 2.13. The molecule has 3 nitrogen and oxygen atoms in total. The Hall–Kier alpha value is -0.800. The summed E-state index contributed by atoms with van der Waals surface area (Å²) in [4.78, 5) is 2.56. The Morgan fingerprint density at radius 1 is 1.31 bits per heavy atom. The van der Waals surface area contributed by atoms with E-state index in [0.29, 0.717) is 6.04 Å². The lowest BCUT2D eigenvalue weighted by Gasteiger charge is -2.18. The molecule has 2 rings (SSSR count). The monoisotopic (exact) mass is 221 g/mol. The Labute approximate surface area is 98.4 Å². The largest absolute Gasteiger partial charge is 0.349 e. The Morgan fingerprint density at radius 3 is 2.75 bits per heavy atom. The van der Waals surface area contributed by atoms with Gasteiger partial charge in [0.2, 0.25) is 0 Å². The minimum Gasteiger partial charge on any atom is -0.349 e. The van der Waals surface area contributed by atoms with Crippen molar-refractivity contribution in [2.45, 2.75) is 32.4 Å². The minimum absolute atomic E-state index is 0.438. The normalized spacial score (nSPS) is 19.1. The van der Waals surface area contributed by atoms with Crippen LogP contribution in [-0.4, -0.2) is 36.1 Å². The van der Waals surface area contributed by atoms with Gasteiger partial charge >= 0.3 is 0 Å². The van der Waals surface area contributed by atoms with Crippen LogP contribution in [0.15, 0.2) is 18.3 Å². The number of hydrogen-bond acceptors (Lipinski definition) is 2. The molecule has 0 aliphatic carbocycles. The molecule has 1 aromatic heterocycles. The van der Waals surface area contributed by atoms with Crippen LogP contribution in [-0.2, 0) is 6.54 Å². The van der Waals surface area contributed by atoms with Crippen molar-refractivity contribution < 1.29 is 0 Å². The molecule has 0 radical (unpaired) electrons. The van der Waals surface area contributed by atoms with Crippen LogP contribution in [0.2, 0.25) is 0 Å². The molecular formula is C13H23N3. The summed E-state index contributed by atoms with van der Waals surface area (Å²) in [6.07, 6.45) is 4.95. The van der Waals surface area contributed by atoms with E-state index < -0.39 is 0 Å². The molecule has 0 aromatic carbocycles. The maximum absolute atomic E-state index is 3.30. The van der Waals surface area contributed by atoms with E-state index in [9.17, 15) is 0 Å². The zero-order chi connectivity index (χ0) is 11.4. The second-order valence-corrected chi connectivity index (χ2v) is 4.69. The summed E-state index contributed by atoms with van der Waals surface area (Å²) < 4.78 is 2.37. The average Bonchev–Trinajstić information content (AvgIpc) is 2.96. The summed E-state index contributed by atoms with van der Waals surface area (Å²) in [5.41, 5.74) is 1.39. The fourth-order valence-electron chi connectivity index (χ4n) is 2.43. The van der Waals surface area contributed by atoms with E-state index in [0.717, 1.165) is 6.54 Å².